The van der Waals surface area contributed by atoms with Gasteiger partial charge in [0, 0.05) is 14.9 Å². The van der Waals surface area contributed by atoms with E-state index >= 15 is 0 Å². The Labute approximate surface area is 138 Å². The summed E-state index contributed by atoms with van der Waals surface area (Å²) in [5, 5.41) is 4.56. The van der Waals surface area contributed by atoms with Gasteiger partial charge in [0.1, 0.15) is 17.0 Å². The molecule has 7 heteroatoms. The monoisotopic (exact) mass is 379 g/mol. The zero-order chi connectivity index (χ0) is 15.7. The van der Waals surface area contributed by atoms with Crippen LogP contribution >= 0.6 is 27.3 Å². The maximum atomic E-state index is 13.7. The molecule has 0 aliphatic carbocycles. The molecular formula is C15H11BrFN3OS. The molecule has 0 unspecified atom stereocenters. The van der Waals surface area contributed by atoms with E-state index in [2.05, 4.69) is 26.0 Å². The minimum atomic E-state index is -0.405. The summed E-state index contributed by atoms with van der Waals surface area (Å²) in [6, 6.07) is 6.36. The SMILES string of the molecule is CCc1cc2c(=O)n(/N=C\c3cc(Br)ccc3F)cnc2s1. The van der Waals surface area contributed by atoms with E-state index < -0.39 is 5.82 Å². The minimum Gasteiger partial charge on any atom is -0.267 e. The number of hydrogen-bond donors (Lipinski definition) is 0. The molecule has 0 bridgehead atoms. The Morgan fingerprint density at radius 2 is 2.27 bits per heavy atom. The molecule has 2 heterocycles. The number of fused-ring (bicyclic) bond motifs is 1. The molecule has 0 N–H and O–H groups in total. The topological polar surface area (TPSA) is 47.2 Å². The molecule has 0 fully saturated rings. The van der Waals surface area contributed by atoms with Crippen LogP contribution in [0.4, 0.5) is 4.39 Å². The fourth-order valence-electron chi connectivity index (χ4n) is 1.96. The van der Waals surface area contributed by atoms with Crippen molar-refractivity contribution in [2.45, 2.75) is 13.3 Å². The van der Waals surface area contributed by atoms with E-state index in [0.717, 1.165) is 20.4 Å². The zero-order valence-corrected chi connectivity index (χ0v) is 14.0. The lowest BCUT2D eigenvalue weighted by molar-refractivity contribution is 0.625. The van der Waals surface area contributed by atoms with Gasteiger partial charge in [0.15, 0.2) is 0 Å². The van der Waals surface area contributed by atoms with Crippen molar-refractivity contribution in [1.29, 1.82) is 0 Å². The van der Waals surface area contributed by atoms with E-state index in [-0.39, 0.29) is 5.56 Å². The molecule has 0 spiro atoms. The fraction of sp³-hybridized carbons (Fsp3) is 0.133. The minimum absolute atomic E-state index is 0.257. The molecule has 0 saturated heterocycles. The third-order valence-corrected chi connectivity index (χ3v) is 4.79. The molecule has 3 aromatic rings. The second-order valence-corrected chi connectivity index (χ2v) is 6.62. The Balaban J connectivity index is 2.03. The van der Waals surface area contributed by atoms with Crippen molar-refractivity contribution in [1.82, 2.24) is 9.66 Å². The highest BCUT2D eigenvalue weighted by Crippen LogP contribution is 2.21. The maximum Gasteiger partial charge on any atom is 0.282 e. The highest BCUT2D eigenvalue weighted by Gasteiger charge is 2.08. The van der Waals surface area contributed by atoms with Gasteiger partial charge >= 0.3 is 0 Å². The molecule has 0 atom stereocenters. The lowest BCUT2D eigenvalue weighted by Crippen LogP contribution is -2.16. The summed E-state index contributed by atoms with van der Waals surface area (Å²) in [7, 11) is 0. The van der Waals surface area contributed by atoms with Gasteiger partial charge in [0.05, 0.1) is 11.6 Å². The average Bonchev–Trinajstić information content (AvgIpc) is 2.94. The molecule has 0 saturated carbocycles. The van der Waals surface area contributed by atoms with Crippen LogP contribution in [0.1, 0.15) is 17.4 Å². The van der Waals surface area contributed by atoms with E-state index in [1.165, 1.54) is 29.9 Å². The number of hydrogen-bond acceptors (Lipinski definition) is 4. The van der Waals surface area contributed by atoms with Crippen molar-refractivity contribution in [3.63, 3.8) is 0 Å². The van der Waals surface area contributed by atoms with Gasteiger partial charge in [-0.1, -0.05) is 22.9 Å². The highest BCUT2D eigenvalue weighted by atomic mass is 79.9. The van der Waals surface area contributed by atoms with Crippen LogP contribution in [0, 0.1) is 5.82 Å². The lowest BCUT2D eigenvalue weighted by Gasteiger charge is -1.99. The first-order valence-electron chi connectivity index (χ1n) is 6.58. The van der Waals surface area contributed by atoms with Crippen LogP contribution in [-0.2, 0) is 6.42 Å². The van der Waals surface area contributed by atoms with E-state index in [4.69, 9.17) is 0 Å². The van der Waals surface area contributed by atoms with Crippen LogP contribution in [0.2, 0.25) is 0 Å². The smallest absolute Gasteiger partial charge is 0.267 e. The normalized spacial score (nSPS) is 11.6. The Morgan fingerprint density at radius 3 is 3.05 bits per heavy atom. The quantitative estimate of drug-likeness (QED) is 0.649. The summed E-state index contributed by atoms with van der Waals surface area (Å²) < 4.78 is 15.5. The fourth-order valence-corrected chi connectivity index (χ4v) is 3.26. The van der Waals surface area contributed by atoms with E-state index in [0.29, 0.717) is 15.8 Å². The Bertz CT molecular complexity index is 932. The summed E-state index contributed by atoms with van der Waals surface area (Å²) in [6.45, 7) is 2.03. The summed E-state index contributed by atoms with van der Waals surface area (Å²) >= 11 is 4.77. The third-order valence-electron chi connectivity index (χ3n) is 3.11. The molecule has 0 amide bonds. The maximum absolute atomic E-state index is 13.7. The van der Waals surface area contributed by atoms with Gasteiger partial charge in [0.2, 0.25) is 0 Å². The highest BCUT2D eigenvalue weighted by molar-refractivity contribution is 9.10. The number of aromatic nitrogens is 2. The molecule has 112 valence electrons. The molecule has 0 aliphatic heterocycles. The van der Waals surface area contributed by atoms with Gasteiger partial charge < -0.3 is 0 Å². The van der Waals surface area contributed by atoms with Crippen molar-refractivity contribution in [2.24, 2.45) is 5.10 Å². The predicted molar refractivity (Wildman–Crippen MR) is 90.4 cm³/mol. The standard InChI is InChI=1S/C15H11BrFN3OS/c1-2-11-6-12-14(22-11)18-8-20(15(12)21)19-7-9-5-10(16)3-4-13(9)17/h3-8H,2H2,1H3/b19-7-. The van der Waals surface area contributed by atoms with Crippen LogP contribution in [0.25, 0.3) is 10.2 Å². The Kier molecular flexibility index (Phi) is 4.17. The summed E-state index contributed by atoms with van der Waals surface area (Å²) in [5.41, 5.74) is 0.0357. The number of aryl methyl sites for hydroxylation is 1. The second-order valence-electron chi connectivity index (χ2n) is 4.59. The van der Waals surface area contributed by atoms with Crippen LogP contribution in [0.3, 0.4) is 0 Å². The first kappa shape index (κ1) is 15.1. The van der Waals surface area contributed by atoms with Crippen LogP contribution in [0.5, 0.6) is 0 Å². The van der Waals surface area contributed by atoms with Crippen molar-refractivity contribution in [3.05, 3.63) is 61.7 Å². The number of nitrogens with zero attached hydrogens (tertiary/aromatic N) is 3. The molecular weight excluding hydrogens is 369 g/mol. The van der Waals surface area contributed by atoms with Gasteiger partial charge in [-0.25, -0.2) is 9.37 Å². The van der Waals surface area contributed by atoms with Crippen LogP contribution in [0.15, 0.2) is 45.0 Å². The van der Waals surface area contributed by atoms with Gasteiger partial charge in [-0.05, 0) is 30.7 Å². The lowest BCUT2D eigenvalue weighted by atomic mass is 10.2. The van der Waals surface area contributed by atoms with Gasteiger partial charge in [-0.3, -0.25) is 4.79 Å². The summed E-state index contributed by atoms with van der Waals surface area (Å²) in [6.07, 6.45) is 3.52. The number of thiophene rings is 1. The average molecular weight is 380 g/mol. The van der Waals surface area contributed by atoms with Crippen molar-refractivity contribution in [3.8, 4) is 0 Å². The van der Waals surface area contributed by atoms with E-state index in [1.807, 2.05) is 13.0 Å². The van der Waals surface area contributed by atoms with Gasteiger partial charge in [0.25, 0.3) is 5.56 Å². The van der Waals surface area contributed by atoms with Crippen LogP contribution in [-0.4, -0.2) is 15.9 Å². The molecule has 3 rings (SSSR count). The largest absolute Gasteiger partial charge is 0.282 e. The Morgan fingerprint density at radius 1 is 1.45 bits per heavy atom. The van der Waals surface area contributed by atoms with Gasteiger partial charge in [-0.15, -0.1) is 11.3 Å². The number of halogens is 2. The molecule has 0 radical (unpaired) electrons. The molecule has 22 heavy (non-hydrogen) atoms. The Hall–Kier alpha value is -1.86. The number of rotatable bonds is 3. The zero-order valence-electron chi connectivity index (χ0n) is 11.6. The number of benzene rings is 1. The van der Waals surface area contributed by atoms with Crippen molar-refractivity contribution in [2.75, 3.05) is 0 Å². The predicted octanol–water partition coefficient (Wildman–Crippen LogP) is 3.80. The van der Waals surface area contributed by atoms with Gasteiger partial charge in [-0.2, -0.15) is 9.78 Å². The van der Waals surface area contributed by atoms with E-state index in [1.54, 1.807) is 12.1 Å². The summed E-state index contributed by atoms with van der Waals surface area (Å²) in [5.74, 6) is -0.405. The first-order chi connectivity index (χ1) is 10.6. The molecule has 1 aromatic carbocycles. The second kappa shape index (κ2) is 6.10. The third kappa shape index (κ3) is 2.86. The van der Waals surface area contributed by atoms with Crippen molar-refractivity contribution < 1.29 is 4.39 Å². The molecule has 4 nitrogen and oxygen atoms in total. The van der Waals surface area contributed by atoms with E-state index in [9.17, 15) is 9.18 Å². The molecule has 0 aliphatic rings. The van der Waals surface area contributed by atoms with Crippen molar-refractivity contribution >= 4 is 43.7 Å². The molecule has 2 aromatic heterocycles. The first-order valence-corrected chi connectivity index (χ1v) is 8.19. The van der Waals surface area contributed by atoms with Crippen LogP contribution < -0.4 is 5.56 Å². The summed E-state index contributed by atoms with van der Waals surface area (Å²) in [4.78, 5) is 18.4.